The highest BCUT2D eigenvalue weighted by Crippen LogP contribution is 2.48. The smallest absolute Gasteiger partial charge is 0.200 e. The summed E-state index contributed by atoms with van der Waals surface area (Å²) < 4.78 is 31.5. The van der Waals surface area contributed by atoms with Gasteiger partial charge in [0.15, 0.2) is 11.6 Å². The largest absolute Gasteiger partial charge is 0.490 e. The number of benzene rings is 1. The Kier molecular flexibility index (Phi) is 3.00. The van der Waals surface area contributed by atoms with Crippen LogP contribution < -0.4 is 10.5 Å². The second-order valence-electron chi connectivity index (χ2n) is 4.54. The number of nitrogens with two attached hydrogens (primary N) is 1. The van der Waals surface area contributed by atoms with Crippen molar-refractivity contribution in [3.63, 3.8) is 0 Å². The summed E-state index contributed by atoms with van der Waals surface area (Å²) in [5, 5.41) is 7.24. The topological polar surface area (TPSA) is 59.1 Å². The first-order chi connectivity index (χ1) is 8.02. The second-order valence-corrected chi connectivity index (χ2v) is 4.54. The molecule has 0 spiro atoms. The Bertz CT molecular complexity index is 444. The Balaban J connectivity index is 1.98. The molecule has 0 radical (unpaired) electrons. The van der Waals surface area contributed by atoms with Crippen LogP contribution in [-0.2, 0) is 0 Å². The fraction of sp³-hybridized carbons (Fsp3) is 0.417. The van der Waals surface area contributed by atoms with Crippen molar-refractivity contribution in [2.24, 2.45) is 11.1 Å². The Morgan fingerprint density at radius 1 is 1.41 bits per heavy atom. The van der Waals surface area contributed by atoms with E-state index in [4.69, 9.17) is 15.9 Å². The van der Waals surface area contributed by atoms with Crippen molar-refractivity contribution >= 4 is 5.84 Å². The van der Waals surface area contributed by atoms with Gasteiger partial charge in [0.05, 0.1) is 12.4 Å². The molecule has 5 heteroatoms. The van der Waals surface area contributed by atoms with Crippen molar-refractivity contribution in [1.82, 2.24) is 0 Å². The fourth-order valence-corrected chi connectivity index (χ4v) is 1.78. The average Bonchev–Trinajstić information content (AvgIpc) is 3.00. The number of ether oxygens (including phenoxy) is 1. The van der Waals surface area contributed by atoms with Crippen LogP contribution in [0.4, 0.5) is 8.78 Å². The molecule has 2 rings (SSSR count). The van der Waals surface area contributed by atoms with Crippen LogP contribution >= 0.6 is 0 Å². The number of nitrogens with one attached hydrogen (secondary N) is 1. The lowest BCUT2D eigenvalue weighted by atomic mass is 10.0. The molecule has 1 aliphatic carbocycles. The lowest BCUT2D eigenvalue weighted by Crippen LogP contribution is -2.22. The maximum absolute atomic E-state index is 13.3. The minimum absolute atomic E-state index is 0.0835. The lowest BCUT2D eigenvalue weighted by Gasteiger charge is -2.15. The Hall–Kier alpha value is -1.65. The van der Waals surface area contributed by atoms with E-state index < -0.39 is 11.6 Å². The van der Waals surface area contributed by atoms with Crippen LogP contribution in [0.1, 0.15) is 19.3 Å². The zero-order chi connectivity index (χ0) is 12.5. The molecular weight excluding hydrogens is 226 g/mol. The molecule has 1 saturated carbocycles. The molecule has 0 unspecified atom stereocenters. The van der Waals surface area contributed by atoms with E-state index >= 15 is 0 Å². The van der Waals surface area contributed by atoms with Gasteiger partial charge in [0.2, 0.25) is 5.82 Å². The summed E-state index contributed by atoms with van der Waals surface area (Å²) in [4.78, 5) is 0. The summed E-state index contributed by atoms with van der Waals surface area (Å²) in [6.07, 6.45) is 2.26. The van der Waals surface area contributed by atoms with Crippen LogP contribution in [0.3, 0.4) is 0 Å². The third-order valence-electron chi connectivity index (χ3n) is 2.97. The molecule has 1 aromatic carbocycles. The molecule has 0 saturated heterocycles. The number of hydrogen-bond donors (Lipinski definition) is 2. The second kappa shape index (κ2) is 4.31. The first kappa shape index (κ1) is 11.8. The predicted octanol–water partition coefficient (Wildman–Crippen LogP) is 2.45. The maximum Gasteiger partial charge on any atom is 0.200 e. The van der Waals surface area contributed by atoms with Crippen molar-refractivity contribution in [3.05, 3.63) is 29.8 Å². The Labute approximate surface area is 98.1 Å². The zero-order valence-corrected chi connectivity index (χ0v) is 9.30. The van der Waals surface area contributed by atoms with E-state index in [9.17, 15) is 8.78 Å². The molecule has 0 heterocycles. The van der Waals surface area contributed by atoms with Crippen molar-refractivity contribution in [1.29, 1.82) is 5.41 Å². The van der Waals surface area contributed by atoms with E-state index in [1.54, 1.807) is 0 Å². The molecule has 1 fully saturated rings. The first-order valence-electron chi connectivity index (χ1n) is 5.42. The third-order valence-corrected chi connectivity index (χ3v) is 2.97. The predicted molar refractivity (Wildman–Crippen MR) is 60.1 cm³/mol. The third kappa shape index (κ3) is 2.72. The van der Waals surface area contributed by atoms with Gasteiger partial charge in [-0.05, 0) is 25.0 Å². The summed E-state index contributed by atoms with van der Waals surface area (Å²) in [6.45, 7) is 0.271. The van der Waals surface area contributed by atoms with Crippen molar-refractivity contribution < 1.29 is 13.5 Å². The highest BCUT2D eigenvalue weighted by molar-refractivity contribution is 5.78. The molecular formula is C12H14F2N2O. The average molecular weight is 240 g/mol. The van der Waals surface area contributed by atoms with Crippen molar-refractivity contribution in [2.75, 3.05) is 6.61 Å². The number of amidine groups is 1. The van der Waals surface area contributed by atoms with Gasteiger partial charge in [-0.1, -0.05) is 6.07 Å². The van der Waals surface area contributed by atoms with E-state index in [1.165, 1.54) is 12.1 Å². The van der Waals surface area contributed by atoms with E-state index in [-0.39, 0.29) is 23.6 Å². The van der Waals surface area contributed by atoms with Crippen molar-refractivity contribution in [2.45, 2.75) is 19.3 Å². The van der Waals surface area contributed by atoms with Gasteiger partial charge in [0.1, 0.15) is 0 Å². The maximum atomic E-state index is 13.3. The number of hydrogen-bond acceptors (Lipinski definition) is 2. The van der Waals surface area contributed by atoms with Gasteiger partial charge in [-0.2, -0.15) is 4.39 Å². The number of halogens is 2. The van der Waals surface area contributed by atoms with Crippen molar-refractivity contribution in [3.8, 4) is 5.75 Å². The molecule has 3 N–H and O–H groups in total. The van der Waals surface area contributed by atoms with Gasteiger partial charge < -0.3 is 10.5 Å². The van der Waals surface area contributed by atoms with Crippen LogP contribution in [-0.4, -0.2) is 12.4 Å². The molecule has 0 bridgehead atoms. The molecule has 1 aliphatic rings. The minimum Gasteiger partial charge on any atom is -0.490 e. The van der Waals surface area contributed by atoms with E-state index in [1.807, 2.05) is 0 Å². The summed E-state index contributed by atoms with van der Waals surface area (Å²) >= 11 is 0. The molecule has 0 atom stereocenters. The van der Waals surface area contributed by atoms with Gasteiger partial charge in [0, 0.05) is 11.8 Å². The van der Waals surface area contributed by atoms with Crippen LogP contribution in [0, 0.1) is 22.5 Å². The van der Waals surface area contributed by atoms with Crippen LogP contribution in [0.15, 0.2) is 18.2 Å². The molecule has 0 aliphatic heterocycles. The molecule has 1 aromatic rings. The Morgan fingerprint density at radius 3 is 2.71 bits per heavy atom. The van der Waals surface area contributed by atoms with Gasteiger partial charge in [0.25, 0.3) is 0 Å². The summed E-state index contributed by atoms with van der Waals surface area (Å²) in [7, 11) is 0. The van der Waals surface area contributed by atoms with Crippen LogP contribution in [0.5, 0.6) is 5.75 Å². The van der Waals surface area contributed by atoms with Gasteiger partial charge >= 0.3 is 0 Å². The van der Waals surface area contributed by atoms with Crippen LogP contribution in [0.25, 0.3) is 0 Å². The molecule has 17 heavy (non-hydrogen) atoms. The summed E-state index contributed by atoms with van der Waals surface area (Å²) in [5.74, 6) is -1.87. The highest BCUT2D eigenvalue weighted by Gasteiger charge is 2.44. The standard InChI is InChI=1S/C12H14F2N2O/c13-8-2-1-3-9(11(8)14)17-7-12(4-5-12)6-10(15)16/h1-3H,4-7H2,(H3,15,16). The van der Waals surface area contributed by atoms with Gasteiger partial charge in [-0.3, -0.25) is 5.41 Å². The minimum atomic E-state index is -0.967. The normalized spacial score (nSPS) is 16.6. The molecule has 0 aromatic heterocycles. The monoisotopic (exact) mass is 240 g/mol. The summed E-state index contributed by atoms with van der Waals surface area (Å²) in [6, 6.07) is 3.84. The number of rotatable bonds is 5. The zero-order valence-electron chi connectivity index (χ0n) is 9.30. The van der Waals surface area contributed by atoms with E-state index in [2.05, 4.69) is 0 Å². The lowest BCUT2D eigenvalue weighted by molar-refractivity contribution is 0.226. The molecule has 3 nitrogen and oxygen atoms in total. The molecule has 92 valence electrons. The van der Waals surface area contributed by atoms with E-state index in [0.717, 1.165) is 18.9 Å². The van der Waals surface area contributed by atoms with Crippen LogP contribution in [0.2, 0.25) is 0 Å². The van der Waals surface area contributed by atoms with Gasteiger partial charge in [-0.25, -0.2) is 4.39 Å². The summed E-state index contributed by atoms with van der Waals surface area (Å²) in [5.41, 5.74) is 5.19. The van der Waals surface area contributed by atoms with Gasteiger partial charge in [-0.15, -0.1) is 0 Å². The Morgan fingerprint density at radius 2 is 2.12 bits per heavy atom. The SMILES string of the molecule is N=C(N)CC1(COc2cccc(F)c2F)CC1. The molecule has 0 amide bonds. The first-order valence-corrected chi connectivity index (χ1v) is 5.42. The highest BCUT2D eigenvalue weighted by atomic mass is 19.2. The fourth-order valence-electron chi connectivity index (χ4n) is 1.78. The quantitative estimate of drug-likeness (QED) is 0.613. The van der Waals surface area contributed by atoms with E-state index in [0.29, 0.717) is 6.42 Å².